The third kappa shape index (κ3) is 2.66. The fraction of sp³-hybridized carbons (Fsp3) is 0.214. The van der Waals surface area contributed by atoms with E-state index in [1.54, 1.807) is 19.3 Å². The summed E-state index contributed by atoms with van der Waals surface area (Å²) in [6.45, 7) is 0. The number of rotatable bonds is 4. The molecular weight excluding hydrogens is 330 g/mol. The third-order valence-electron chi connectivity index (χ3n) is 3.00. The van der Waals surface area contributed by atoms with E-state index in [0.717, 1.165) is 0 Å². The van der Waals surface area contributed by atoms with Gasteiger partial charge in [-0.1, -0.05) is 0 Å². The molecule has 0 saturated heterocycles. The molecule has 0 amide bonds. The summed E-state index contributed by atoms with van der Waals surface area (Å²) in [7, 11) is 3.12. The van der Waals surface area contributed by atoms with Gasteiger partial charge in [0.05, 0.1) is 23.8 Å². The predicted octanol–water partition coefficient (Wildman–Crippen LogP) is 3.44. The Labute approximate surface area is 124 Å². The van der Waals surface area contributed by atoms with Crippen LogP contribution in [0.3, 0.4) is 0 Å². The molecule has 1 aromatic heterocycles. The first-order chi connectivity index (χ1) is 9.60. The average Bonchev–Trinajstić information content (AvgIpc) is 2.47. The third-order valence-corrected chi connectivity index (χ3v) is 3.62. The van der Waals surface area contributed by atoms with Crippen LogP contribution >= 0.6 is 15.9 Å². The molecule has 0 aliphatic rings. The van der Waals surface area contributed by atoms with Gasteiger partial charge in [0.2, 0.25) is 0 Å². The van der Waals surface area contributed by atoms with Crippen molar-refractivity contribution in [1.29, 1.82) is 0 Å². The van der Waals surface area contributed by atoms with Crippen LogP contribution in [-0.2, 0) is 0 Å². The van der Waals surface area contributed by atoms with E-state index in [1.165, 1.54) is 25.4 Å². The zero-order valence-electron chi connectivity index (χ0n) is 11.0. The minimum absolute atomic E-state index is 0.0635. The molecule has 0 aliphatic carbocycles. The van der Waals surface area contributed by atoms with Crippen LogP contribution in [-0.4, -0.2) is 19.1 Å². The topological polar surface area (TPSA) is 34.2 Å². The molecule has 3 nitrogen and oxygen atoms in total. The molecule has 0 fully saturated rings. The molecule has 2 aromatic rings. The molecule has 106 valence electrons. The molecule has 1 unspecified atom stereocenters. The summed E-state index contributed by atoms with van der Waals surface area (Å²) in [6.07, 6.45) is 3.06. The molecule has 0 saturated carbocycles. The Morgan fingerprint density at radius 2 is 2.05 bits per heavy atom. The van der Waals surface area contributed by atoms with E-state index in [1.807, 2.05) is 0 Å². The van der Waals surface area contributed by atoms with Crippen molar-refractivity contribution in [1.82, 2.24) is 10.3 Å². The van der Waals surface area contributed by atoms with Crippen molar-refractivity contribution >= 4 is 15.9 Å². The van der Waals surface area contributed by atoms with Crippen LogP contribution in [0.25, 0.3) is 0 Å². The number of nitrogens with zero attached hydrogens (tertiary/aromatic N) is 1. The van der Waals surface area contributed by atoms with Crippen molar-refractivity contribution in [3.05, 3.63) is 57.8 Å². The highest BCUT2D eigenvalue weighted by Crippen LogP contribution is 2.34. The van der Waals surface area contributed by atoms with Gasteiger partial charge in [0.15, 0.2) is 0 Å². The Bertz CT molecular complexity index is 622. The van der Waals surface area contributed by atoms with Gasteiger partial charge in [0.25, 0.3) is 0 Å². The first-order valence-electron chi connectivity index (χ1n) is 5.88. The van der Waals surface area contributed by atoms with Crippen LogP contribution in [0.15, 0.2) is 35.1 Å². The smallest absolute Gasteiger partial charge is 0.145 e. The summed E-state index contributed by atoms with van der Waals surface area (Å²) in [5.41, 5.74) is 0.548. The Kier molecular flexibility index (Phi) is 4.67. The van der Waals surface area contributed by atoms with Gasteiger partial charge in [0, 0.05) is 17.3 Å². The monoisotopic (exact) mass is 342 g/mol. The standard InChI is InChI=1S/C14H13BrF2N2O/c1-18-14(8-5-6-19-7-11(8)20-2)12-10(16)4-3-9(15)13(12)17/h3-7,14,18H,1-2H3. The molecule has 2 rings (SSSR count). The highest BCUT2D eigenvalue weighted by Gasteiger charge is 2.24. The Morgan fingerprint density at radius 3 is 2.70 bits per heavy atom. The Morgan fingerprint density at radius 1 is 1.30 bits per heavy atom. The van der Waals surface area contributed by atoms with Crippen LogP contribution in [0.4, 0.5) is 8.78 Å². The largest absolute Gasteiger partial charge is 0.495 e. The minimum Gasteiger partial charge on any atom is -0.495 e. The molecule has 1 heterocycles. The number of nitrogens with one attached hydrogen (secondary N) is 1. The van der Waals surface area contributed by atoms with Crippen molar-refractivity contribution in [2.75, 3.05) is 14.2 Å². The van der Waals surface area contributed by atoms with Gasteiger partial charge in [-0.15, -0.1) is 0 Å². The Balaban J connectivity index is 2.62. The number of ether oxygens (including phenoxy) is 1. The van der Waals surface area contributed by atoms with E-state index < -0.39 is 17.7 Å². The fourth-order valence-corrected chi connectivity index (χ4v) is 2.41. The SMILES string of the molecule is CNC(c1ccncc1OC)c1c(F)ccc(Br)c1F. The van der Waals surface area contributed by atoms with Gasteiger partial charge in [-0.2, -0.15) is 0 Å². The lowest BCUT2D eigenvalue weighted by Gasteiger charge is -2.21. The van der Waals surface area contributed by atoms with E-state index in [9.17, 15) is 8.78 Å². The number of halogens is 3. The quantitative estimate of drug-likeness (QED) is 0.864. The minimum atomic E-state index is -0.676. The first-order valence-corrected chi connectivity index (χ1v) is 6.68. The van der Waals surface area contributed by atoms with E-state index in [0.29, 0.717) is 11.3 Å². The summed E-state index contributed by atoms with van der Waals surface area (Å²) in [4.78, 5) is 3.94. The van der Waals surface area contributed by atoms with Crippen molar-refractivity contribution in [2.24, 2.45) is 0 Å². The lowest BCUT2D eigenvalue weighted by molar-refractivity contribution is 0.401. The second-order valence-corrected chi connectivity index (χ2v) is 4.95. The first kappa shape index (κ1) is 14.9. The van der Waals surface area contributed by atoms with Gasteiger partial charge in [0.1, 0.15) is 17.4 Å². The molecule has 0 aliphatic heterocycles. The zero-order valence-corrected chi connectivity index (χ0v) is 12.5. The number of methoxy groups -OCH3 is 1. The summed E-state index contributed by atoms with van der Waals surface area (Å²) in [6, 6.07) is 3.55. The van der Waals surface area contributed by atoms with Gasteiger partial charge < -0.3 is 10.1 Å². The molecule has 1 atom stereocenters. The van der Waals surface area contributed by atoms with Gasteiger partial charge >= 0.3 is 0 Å². The molecule has 6 heteroatoms. The van der Waals surface area contributed by atoms with Crippen molar-refractivity contribution in [3.8, 4) is 5.75 Å². The predicted molar refractivity (Wildman–Crippen MR) is 75.7 cm³/mol. The average molecular weight is 343 g/mol. The van der Waals surface area contributed by atoms with Crippen LogP contribution in [0.2, 0.25) is 0 Å². The summed E-state index contributed by atoms with van der Waals surface area (Å²) in [5, 5.41) is 2.91. The van der Waals surface area contributed by atoms with Crippen LogP contribution < -0.4 is 10.1 Å². The van der Waals surface area contributed by atoms with E-state index in [2.05, 4.69) is 26.2 Å². The van der Waals surface area contributed by atoms with Gasteiger partial charge in [-0.25, -0.2) is 8.78 Å². The lowest BCUT2D eigenvalue weighted by atomic mass is 9.98. The van der Waals surface area contributed by atoms with E-state index in [4.69, 9.17) is 4.74 Å². The zero-order chi connectivity index (χ0) is 14.7. The van der Waals surface area contributed by atoms with Crippen molar-refractivity contribution in [2.45, 2.75) is 6.04 Å². The normalized spacial score (nSPS) is 12.2. The van der Waals surface area contributed by atoms with Crippen molar-refractivity contribution < 1.29 is 13.5 Å². The number of pyridine rings is 1. The second kappa shape index (κ2) is 6.28. The van der Waals surface area contributed by atoms with E-state index >= 15 is 0 Å². The summed E-state index contributed by atoms with van der Waals surface area (Å²) in [5.74, 6) is -0.794. The number of aromatic nitrogens is 1. The molecule has 20 heavy (non-hydrogen) atoms. The highest BCUT2D eigenvalue weighted by molar-refractivity contribution is 9.10. The number of benzene rings is 1. The van der Waals surface area contributed by atoms with Gasteiger partial charge in [-0.05, 0) is 41.2 Å². The maximum absolute atomic E-state index is 14.2. The summed E-state index contributed by atoms with van der Waals surface area (Å²) >= 11 is 3.07. The van der Waals surface area contributed by atoms with Crippen LogP contribution in [0.5, 0.6) is 5.75 Å². The molecule has 0 spiro atoms. The maximum Gasteiger partial charge on any atom is 0.145 e. The number of hydrogen-bond acceptors (Lipinski definition) is 3. The van der Waals surface area contributed by atoms with Gasteiger partial charge in [-0.3, -0.25) is 4.98 Å². The molecule has 1 aromatic carbocycles. The Hall–Kier alpha value is -1.53. The second-order valence-electron chi connectivity index (χ2n) is 4.10. The fourth-order valence-electron chi connectivity index (χ4n) is 2.06. The maximum atomic E-state index is 14.2. The molecule has 1 N–H and O–H groups in total. The molecular formula is C14H13BrF2N2O. The highest BCUT2D eigenvalue weighted by atomic mass is 79.9. The molecule has 0 bridgehead atoms. The number of hydrogen-bond donors (Lipinski definition) is 1. The van der Waals surface area contributed by atoms with Crippen LogP contribution in [0, 0.1) is 11.6 Å². The van der Waals surface area contributed by atoms with Crippen LogP contribution in [0.1, 0.15) is 17.2 Å². The lowest BCUT2D eigenvalue weighted by Crippen LogP contribution is -2.21. The van der Waals surface area contributed by atoms with E-state index in [-0.39, 0.29) is 10.0 Å². The van der Waals surface area contributed by atoms with Crippen molar-refractivity contribution in [3.63, 3.8) is 0 Å². The summed E-state index contributed by atoms with van der Waals surface area (Å²) < 4.78 is 33.7. The molecule has 0 radical (unpaired) electrons.